The van der Waals surface area contributed by atoms with E-state index in [1.165, 1.54) is 0 Å². The molecule has 0 aliphatic rings. The number of benzene rings is 5. The summed E-state index contributed by atoms with van der Waals surface area (Å²) in [6.07, 6.45) is -1.10. The normalized spacial score (nSPS) is 13.1. The Morgan fingerprint density at radius 3 is 2.02 bits per heavy atom. The molecule has 55 heavy (non-hydrogen) atoms. The number of nitrogens with zero attached hydrogens (tertiary/aromatic N) is 3. The van der Waals surface area contributed by atoms with Crippen LogP contribution in [0.15, 0.2) is 138 Å². The van der Waals surface area contributed by atoms with Crippen LogP contribution >= 0.6 is 11.6 Å². The minimum Gasteiger partial charge on any atom is -0.404 e. The molecular formula is C46H49ClFN3O3Si. The van der Waals surface area contributed by atoms with Crippen LogP contribution in [0.2, 0.25) is 10.1 Å². The van der Waals surface area contributed by atoms with E-state index in [1.54, 1.807) is 39.8 Å². The minimum atomic E-state index is -3.01. The summed E-state index contributed by atoms with van der Waals surface area (Å²) in [4.78, 5) is 34.6. The second-order valence-electron chi connectivity index (χ2n) is 15.5. The Hall–Kier alpha value is -4.89. The molecule has 0 aliphatic heterocycles. The zero-order valence-corrected chi connectivity index (χ0v) is 34.0. The van der Waals surface area contributed by atoms with Gasteiger partial charge in [-0.05, 0) is 64.1 Å². The van der Waals surface area contributed by atoms with Crippen molar-refractivity contribution < 1.29 is 13.6 Å². The molecule has 0 radical (unpaired) electrons. The van der Waals surface area contributed by atoms with E-state index in [1.807, 2.05) is 92.7 Å². The van der Waals surface area contributed by atoms with Crippen LogP contribution < -0.4 is 15.9 Å². The van der Waals surface area contributed by atoms with E-state index in [4.69, 9.17) is 21.0 Å². The Labute approximate surface area is 329 Å². The van der Waals surface area contributed by atoms with Gasteiger partial charge in [0.25, 0.3) is 19.8 Å². The van der Waals surface area contributed by atoms with Gasteiger partial charge in [-0.25, -0.2) is 9.37 Å². The highest BCUT2D eigenvalue weighted by molar-refractivity contribution is 6.99. The summed E-state index contributed by atoms with van der Waals surface area (Å²) in [6.45, 7) is 10.7. The number of aromatic nitrogens is 2. The number of carbonyl (C=O) groups is 1. The molecule has 6 nitrogen and oxygen atoms in total. The van der Waals surface area contributed by atoms with Gasteiger partial charge in [0.1, 0.15) is 12.0 Å². The number of carbonyl (C=O) groups excluding carboxylic acids is 1. The maximum atomic E-state index is 16.6. The van der Waals surface area contributed by atoms with Gasteiger partial charge in [0.2, 0.25) is 0 Å². The van der Waals surface area contributed by atoms with Crippen LogP contribution in [0.1, 0.15) is 55.0 Å². The van der Waals surface area contributed by atoms with Crippen LogP contribution in [0.3, 0.4) is 0 Å². The third-order valence-corrected chi connectivity index (χ3v) is 15.4. The predicted octanol–water partition coefficient (Wildman–Crippen LogP) is 8.64. The van der Waals surface area contributed by atoms with Crippen molar-refractivity contribution in [1.82, 2.24) is 14.5 Å². The first-order valence-corrected chi connectivity index (χ1v) is 21.1. The summed E-state index contributed by atoms with van der Waals surface area (Å²) in [5.74, 6) is 0.121. The zero-order chi connectivity index (χ0) is 39.2. The monoisotopic (exact) mass is 773 g/mol. The lowest BCUT2D eigenvalue weighted by Gasteiger charge is -2.43. The maximum Gasteiger partial charge on any atom is 0.261 e. The van der Waals surface area contributed by atoms with Gasteiger partial charge in [0.05, 0.1) is 30.6 Å². The molecule has 0 fully saturated rings. The molecule has 6 rings (SSSR count). The first-order valence-electron chi connectivity index (χ1n) is 18.8. The molecule has 1 heterocycles. The molecule has 0 N–H and O–H groups in total. The summed E-state index contributed by atoms with van der Waals surface area (Å²) < 4.78 is 25.3. The van der Waals surface area contributed by atoms with Crippen LogP contribution in [-0.2, 0) is 17.4 Å². The van der Waals surface area contributed by atoms with Crippen molar-refractivity contribution in [1.29, 1.82) is 0 Å². The second kappa shape index (κ2) is 17.3. The molecule has 1 aromatic heterocycles. The van der Waals surface area contributed by atoms with Crippen molar-refractivity contribution in [3.8, 4) is 0 Å². The van der Waals surface area contributed by atoms with Gasteiger partial charge < -0.3 is 9.33 Å². The topological polar surface area (TPSA) is 64.4 Å². The summed E-state index contributed by atoms with van der Waals surface area (Å²) in [7, 11) is -3.01. The third-order valence-electron chi connectivity index (χ3n) is 10.1. The van der Waals surface area contributed by atoms with E-state index in [0.717, 1.165) is 21.5 Å². The largest absolute Gasteiger partial charge is 0.404 e. The van der Waals surface area contributed by atoms with Crippen LogP contribution in [-0.4, -0.2) is 54.5 Å². The minimum absolute atomic E-state index is 0.160. The fourth-order valence-corrected chi connectivity index (χ4v) is 12.2. The average Bonchev–Trinajstić information content (AvgIpc) is 3.17. The number of fused-ring (bicyclic) bond motifs is 1. The van der Waals surface area contributed by atoms with Gasteiger partial charge in [-0.2, -0.15) is 0 Å². The highest BCUT2D eigenvalue weighted by atomic mass is 35.5. The number of alkyl halides is 1. The first kappa shape index (κ1) is 39.8. The lowest BCUT2D eigenvalue weighted by molar-refractivity contribution is 0.0637. The van der Waals surface area contributed by atoms with Crippen molar-refractivity contribution in [2.24, 2.45) is 5.92 Å². The van der Waals surface area contributed by atoms with Gasteiger partial charge >= 0.3 is 0 Å². The van der Waals surface area contributed by atoms with E-state index in [0.29, 0.717) is 40.3 Å². The van der Waals surface area contributed by atoms with Crippen molar-refractivity contribution in [2.45, 2.75) is 58.8 Å². The maximum absolute atomic E-state index is 16.6. The Morgan fingerprint density at radius 2 is 1.44 bits per heavy atom. The Morgan fingerprint density at radius 1 is 0.855 bits per heavy atom. The molecule has 0 saturated heterocycles. The molecule has 1 amide bonds. The fourth-order valence-electron chi connectivity index (χ4n) is 7.47. The van der Waals surface area contributed by atoms with E-state index in [9.17, 15) is 9.59 Å². The molecule has 0 aliphatic carbocycles. The molecule has 6 aromatic rings. The molecule has 2 unspecified atom stereocenters. The molecule has 0 bridgehead atoms. The molecule has 5 aromatic carbocycles. The highest BCUT2D eigenvalue weighted by Crippen LogP contribution is 2.37. The molecule has 9 heteroatoms. The quantitative estimate of drug-likeness (QED) is 0.104. The van der Waals surface area contributed by atoms with Gasteiger partial charge in [-0.3, -0.25) is 14.2 Å². The Kier molecular flexibility index (Phi) is 12.5. The van der Waals surface area contributed by atoms with Crippen molar-refractivity contribution in [3.05, 3.63) is 171 Å². The van der Waals surface area contributed by atoms with Gasteiger partial charge in [-0.1, -0.05) is 148 Å². The molecule has 0 saturated carbocycles. The molecule has 2 atom stereocenters. The lowest BCUT2D eigenvalue weighted by atomic mass is 10.0. The fraction of sp³-hybridized carbons (Fsp3) is 0.283. The Balaban J connectivity index is 1.30. The van der Waals surface area contributed by atoms with Crippen LogP contribution in [0.5, 0.6) is 0 Å². The van der Waals surface area contributed by atoms with Gasteiger partial charge in [-0.15, -0.1) is 0 Å². The summed E-state index contributed by atoms with van der Waals surface area (Å²) >= 11 is 6.33. The summed E-state index contributed by atoms with van der Waals surface area (Å²) in [5, 5.41) is 2.77. The molecule has 0 spiro atoms. The molecule has 284 valence electrons. The first-order chi connectivity index (χ1) is 26.4. The van der Waals surface area contributed by atoms with Crippen LogP contribution in [0.4, 0.5) is 4.39 Å². The second-order valence-corrected chi connectivity index (χ2v) is 20.3. The van der Waals surface area contributed by atoms with Crippen LogP contribution in [0, 0.1) is 12.8 Å². The Bertz CT molecular complexity index is 2220. The average molecular weight is 774 g/mol. The lowest BCUT2D eigenvalue weighted by Crippen LogP contribution is -2.67. The molecular weight excluding hydrogens is 725 g/mol. The van der Waals surface area contributed by atoms with Crippen molar-refractivity contribution in [3.63, 3.8) is 0 Å². The van der Waals surface area contributed by atoms with Gasteiger partial charge in [0.15, 0.2) is 0 Å². The summed E-state index contributed by atoms with van der Waals surface area (Å²) in [6, 6.07) is 42.5. The number of hydrogen-bond donors (Lipinski definition) is 0. The van der Waals surface area contributed by atoms with Gasteiger partial charge in [0, 0.05) is 23.6 Å². The highest BCUT2D eigenvalue weighted by Gasteiger charge is 2.50. The third kappa shape index (κ3) is 9.15. The van der Waals surface area contributed by atoms with E-state index in [2.05, 4.69) is 45.0 Å². The predicted molar refractivity (Wildman–Crippen MR) is 225 cm³/mol. The van der Waals surface area contributed by atoms with Crippen LogP contribution in [0.25, 0.3) is 10.9 Å². The SMILES string of the molecule is Cc1ccc(C(=O)N(CC(C)Cc2nc3cc(Cl)ccc3c(=O)n2Cc2ccccc2)CC(F)CO[Si](c2ccccc2)(c2ccccc2)C(C)(C)C)cc1. The van der Waals surface area contributed by atoms with E-state index in [-0.39, 0.29) is 42.1 Å². The summed E-state index contributed by atoms with van der Waals surface area (Å²) in [5.41, 5.74) is 2.83. The van der Waals surface area contributed by atoms with Crippen molar-refractivity contribution >= 4 is 47.1 Å². The standard InChI is InChI=1S/C46H49ClFN3O3Si/c1-33-21-23-36(24-22-33)44(52)50(31-38(48)32-54-55(46(3,4)5,39-17-11-7-12-18-39)40-19-13-8-14-20-40)29-34(2)27-43-49-42-28-37(47)25-26-41(42)45(53)51(43)30-35-15-9-6-10-16-35/h6-26,28,34,38H,27,29-32H2,1-5H3. The number of aryl methyl sites for hydroxylation is 1. The number of amides is 1. The number of rotatable bonds is 14. The number of halogens is 2. The zero-order valence-electron chi connectivity index (χ0n) is 32.2. The smallest absolute Gasteiger partial charge is 0.261 e. The van der Waals surface area contributed by atoms with E-state index < -0.39 is 14.5 Å². The van der Waals surface area contributed by atoms with Crippen molar-refractivity contribution in [2.75, 3.05) is 19.7 Å². The van der Waals surface area contributed by atoms with E-state index >= 15 is 4.39 Å². The number of hydrogen-bond acceptors (Lipinski definition) is 4.